The van der Waals surface area contributed by atoms with Gasteiger partial charge in [-0.25, -0.2) is 9.59 Å². The van der Waals surface area contributed by atoms with Gasteiger partial charge in [-0.05, 0) is 48.5 Å². The van der Waals surface area contributed by atoms with Gasteiger partial charge < -0.3 is 14.2 Å². The number of rotatable bonds is 6. The molecule has 0 bridgehead atoms. The van der Waals surface area contributed by atoms with E-state index in [1.54, 1.807) is 36.4 Å². The van der Waals surface area contributed by atoms with E-state index in [4.69, 9.17) is 24.7 Å². The molecule has 2 rings (SSSR count). The van der Waals surface area contributed by atoms with Crippen LogP contribution in [0.4, 0.5) is 0 Å². The maximum Gasteiger partial charge on any atom is 0.339 e. The zero-order chi connectivity index (χ0) is 18.1. The summed E-state index contributed by atoms with van der Waals surface area (Å²) in [5.41, 5.74) is 0.608. The first-order chi connectivity index (χ1) is 12.1. The Balaban J connectivity index is 1.98. The predicted octanol–water partition coefficient (Wildman–Crippen LogP) is 2.84. The first-order valence-corrected chi connectivity index (χ1v) is 7.10. The summed E-state index contributed by atoms with van der Waals surface area (Å²) in [4.78, 5) is 23.1. The molecule has 2 aromatic rings. The third kappa shape index (κ3) is 5.08. The molecule has 0 atom stereocenters. The van der Waals surface area contributed by atoms with Crippen molar-refractivity contribution in [1.29, 1.82) is 10.5 Å². The lowest BCUT2D eigenvalue weighted by molar-refractivity contribution is 0.0546. The second kappa shape index (κ2) is 8.70. The lowest BCUT2D eigenvalue weighted by Crippen LogP contribution is -2.05. The average molecular weight is 336 g/mol. The lowest BCUT2D eigenvalue weighted by Gasteiger charge is -2.07. The average Bonchev–Trinajstić information content (AvgIpc) is 2.65. The zero-order valence-electron chi connectivity index (χ0n) is 13.0. The molecule has 0 aliphatic carbocycles. The molecule has 0 amide bonds. The summed E-state index contributed by atoms with van der Waals surface area (Å²) in [7, 11) is 0. The molecule has 25 heavy (non-hydrogen) atoms. The highest BCUT2D eigenvalue weighted by atomic mass is 16.5. The van der Waals surface area contributed by atoms with E-state index in [1.165, 1.54) is 24.3 Å². The van der Waals surface area contributed by atoms with Gasteiger partial charge in [0, 0.05) is 0 Å². The Morgan fingerprint density at radius 1 is 0.720 bits per heavy atom. The van der Waals surface area contributed by atoms with Crippen molar-refractivity contribution in [3.8, 4) is 23.6 Å². The molecule has 0 aromatic heterocycles. The fraction of sp³-hybridized carbons (Fsp3) is 0.111. The highest BCUT2D eigenvalue weighted by Gasteiger charge is 2.09. The summed E-state index contributed by atoms with van der Waals surface area (Å²) in [5.74, 6) is -0.213. The van der Waals surface area contributed by atoms with Crippen molar-refractivity contribution in [3.05, 3.63) is 59.7 Å². The Hall–Kier alpha value is -3.84. The van der Waals surface area contributed by atoms with Crippen LogP contribution >= 0.6 is 0 Å². The Bertz CT molecular complexity index is 758. The highest BCUT2D eigenvalue weighted by Crippen LogP contribution is 2.22. The maximum absolute atomic E-state index is 11.6. The smallest absolute Gasteiger partial charge is 0.339 e. The summed E-state index contributed by atoms with van der Waals surface area (Å²) in [6.45, 7) is -0.611. The molecule has 0 aliphatic heterocycles. The van der Waals surface area contributed by atoms with E-state index >= 15 is 0 Å². The minimum absolute atomic E-state index is 0.304. The molecule has 7 heteroatoms. The van der Waals surface area contributed by atoms with Gasteiger partial charge in [0.1, 0.15) is 23.6 Å². The zero-order valence-corrected chi connectivity index (χ0v) is 13.0. The van der Waals surface area contributed by atoms with E-state index in [2.05, 4.69) is 0 Å². The van der Waals surface area contributed by atoms with E-state index in [1.807, 2.05) is 0 Å². The Morgan fingerprint density at radius 3 is 1.40 bits per heavy atom. The van der Waals surface area contributed by atoms with Crippen LogP contribution in [0.5, 0.6) is 11.5 Å². The highest BCUT2D eigenvalue weighted by molar-refractivity contribution is 5.90. The van der Waals surface area contributed by atoms with Gasteiger partial charge in [0.05, 0.1) is 11.1 Å². The molecular weight excluding hydrogens is 324 g/mol. The van der Waals surface area contributed by atoms with Crippen LogP contribution in [0, 0.1) is 22.7 Å². The topological polar surface area (TPSA) is 109 Å². The molecule has 0 spiro atoms. The van der Waals surface area contributed by atoms with Crippen LogP contribution in [0.15, 0.2) is 48.5 Å². The Labute approximate surface area is 143 Å². The van der Waals surface area contributed by atoms with Crippen LogP contribution in [-0.4, -0.2) is 25.2 Å². The third-order valence-corrected chi connectivity index (χ3v) is 2.95. The fourth-order valence-electron chi connectivity index (χ4n) is 1.82. The number of nitrogens with zero attached hydrogens (tertiary/aromatic N) is 2. The second-order valence-corrected chi connectivity index (χ2v) is 4.62. The van der Waals surface area contributed by atoms with Gasteiger partial charge in [0.2, 0.25) is 0 Å². The number of ether oxygens (including phenoxy) is 3. The van der Waals surface area contributed by atoms with Crippen LogP contribution in [-0.2, 0) is 9.47 Å². The van der Waals surface area contributed by atoms with Crippen molar-refractivity contribution in [2.24, 2.45) is 0 Å². The van der Waals surface area contributed by atoms with Gasteiger partial charge in [-0.15, -0.1) is 0 Å². The summed E-state index contributed by atoms with van der Waals surface area (Å²) in [6.07, 6.45) is 0. The molecule has 2 aromatic carbocycles. The quantitative estimate of drug-likeness (QED) is 0.746. The monoisotopic (exact) mass is 336 g/mol. The molecule has 124 valence electrons. The van der Waals surface area contributed by atoms with Crippen molar-refractivity contribution >= 4 is 11.9 Å². The second-order valence-electron chi connectivity index (χ2n) is 4.62. The number of nitriles is 2. The van der Waals surface area contributed by atoms with Gasteiger partial charge in [-0.1, -0.05) is 0 Å². The predicted molar refractivity (Wildman–Crippen MR) is 84.7 cm³/mol. The first kappa shape index (κ1) is 17.5. The van der Waals surface area contributed by atoms with Crippen LogP contribution < -0.4 is 4.74 Å². The Kier molecular flexibility index (Phi) is 6.10. The third-order valence-electron chi connectivity index (χ3n) is 2.95. The summed E-state index contributed by atoms with van der Waals surface area (Å²) in [5, 5.41) is 16.8. The normalized spacial score (nSPS) is 9.36. The van der Waals surface area contributed by atoms with Crippen molar-refractivity contribution < 1.29 is 23.8 Å². The lowest BCUT2D eigenvalue weighted by atomic mass is 10.2. The van der Waals surface area contributed by atoms with Crippen molar-refractivity contribution in [2.75, 3.05) is 13.2 Å². The molecular formula is C18H12N2O5. The molecule has 0 radical (unpaired) electrons. The number of esters is 2. The van der Waals surface area contributed by atoms with Gasteiger partial charge >= 0.3 is 11.9 Å². The SMILES string of the molecule is N#CCOC(=O)c1ccc(Oc2ccc(C(=O)OCC#N)cc2)cc1. The van der Waals surface area contributed by atoms with Crippen LogP contribution in [0.2, 0.25) is 0 Å². The largest absolute Gasteiger partial charge is 0.457 e. The molecule has 0 fully saturated rings. The minimum atomic E-state index is -0.590. The van der Waals surface area contributed by atoms with Crippen LogP contribution in [0.3, 0.4) is 0 Å². The summed E-state index contributed by atoms with van der Waals surface area (Å²) < 4.78 is 15.0. The van der Waals surface area contributed by atoms with Crippen LogP contribution in [0.25, 0.3) is 0 Å². The number of benzene rings is 2. The summed E-state index contributed by atoms with van der Waals surface area (Å²) in [6, 6.07) is 15.8. The van der Waals surface area contributed by atoms with Crippen LogP contribution in [0.1, 0.15) is 20.7 Å². The molecule has 7 nitrogen and oxygen atoms in total. The molecule has 0 N–H and O–H groups in total. The molecule has 0 saturated carbocycles. The van der Waals surface area contributed by atoms with Gasteiger partial charge in [-0.3, -0.25) is 0 Å². The standard InChI is InChI=1S/C18H12N2O5/c19-9-11-23-17(21)13-1-5-15(6-2-13)25-16-7-3-14(4-8-16)18(22)24-12-10-20/h1-8H,11-12H2. The number of hydrogen-bond acceptors (Lipinski definition) is 7. The van der Waals surface area contributed by atoms with Crippen molar-refractivity contribution in [2.45, 2.75) is 0 Å². The molecule has 0 heterocycles. The van der Waals surface area contributed by atoms with Crippen molar-refractivity contribution in [1.82, 2.24) is 0 Å². The van der Waals surface area contributed by atoms with Gasteiger partial charge in [0.15, 0.2) is 13.2 Å². The Morgan fingerprint density at radius 2 is 1.08 bits per heavy atom. The van der Waals surface area contributed by atoms with E-state index in [0.29, 0.717) is 22.6 Å². The van der Waals surface area contributed by atoms with E-state index in [0.717, 1.165) is 0 Å². The molecule has 0 unspecified atom stereocenters. The van der Waals surface area contributed by atoms with E-state index in [9.17, 15) is 9.59 Å². The van der Waals surface area contributed by atoms with Crippen molar-refractivity contribution in [3.63, 3.8) is 0 Å². The number of hydrogen-bond donors (Lipinski definition) is 0. The van der Waals surface area contributed by atoms with Gasteiger partial charge in [-0.2, -0.15) is 10.5 Å². The molecule has 0 saturated heterocycles. The van der Waals surface area contributed by atoms with E-state index in [-0.39, 0.29) is 13.2 Å². The first-order valence-electron chi connectivity index (χ1n) is 7.10. The number of carbonyl (C=O) groups excluding carboxylic acids is 2. The fourth-order valence-corrected chi connectivity index (χ4v) is 1.82. The number of carbonyl (C=O) groups is 2. The van der Waals surface area contributed by atoms with E-state index < -0.39 is 11.9 Å². The molecule has 0 aliphatic rings. The van der Waals surface area contributed by atoms with Gasteiger partial charge in [0.25, 0.3) is 0 Å². The maximum atomic E-state index is 11.6. The minimum Gasteiger partial charge on any atom is -0.457 e. The summed E-state index contributed by atoms with van der Waals surface area (Å²) >= 11 is 0.